The van der Waals surface area contributed by atoms with E-state index in [-0.39, 0.29) is 24.0 Å². The maximum absolute atomic E-state index is 13.7. The summed E-state index contributed by atoms with van der Waals surface area (Å²) in [7, 11) is -4.08. The first kappa shape index (κ1) is 26.3. The molecule has 0 radical (unpaired) electrons. The smallest absolute Gasteiger partial charge is 0.322 e. The van der Waals surface area contributed by atoms with Gasteiger partial charge in [-0.1, -0.05) is 54.6 Å². The summed E-state index contributed by atoms with van der Waals surface area (Å²) < 4.78 is 40.5. The van der Waals surface area contributed by atoms with Gasteiger partial charge in [0.05, 0.1) is 17.5 Å². The highest BCUT2D eigenvalue weighted by Crippen LogP contribution is 2.33. The lowest BCUT2D eigenvalue weighted by Gasteiger charge is -2.21. The summed E-state index contributed by atoms with van der Waals surface area (Å²) in [4.78, 5) is 12.2. The molecule has 0 spiro atoms. The van der Waals surface area contributed by atoms with Crippen LogP contribution in [-0.4, -0.2) is 48.6 Å². The number of rotatable bonds is 8. The SMILES string of the molecule is O=C(O)[C@@H]1C[C@@H](Oc2ccc(-c3ccccc3)cc2)CN1S(=O)(=O)c1ccc2cc(OC3CCCC3)ccc2c1. The van der Waals surface area contributed by atoms with Crippen molar-refractivity contribution in [1.82, 2.24) is 4.31 Å². The minimum absolute atomic E-state index is 0.0497. The molecule has 1 aliphatic carbocycles. The van der Waals surface area contributed by atoms with Crippen LogP contribution in [0.15, 0.2) is 95.9 Å². The molecule has 8 heteroatoms. The molecule has 1 saturated heterocycles. The summed E-state index contributed by atoms with van der Waals surface area (Å²) >= 11 is 0. The van der Waals surface area contributed by atoms with Gasteiger partial charge in [0, 0.05) is 6.42 Å². The number of sulfonamides is 1. The highest BCUT2D eigenvalue weighted by Gasteiger charge is 2.45. The van der Waals surface area contributed by atoms with E-state index in [2.05, 4.69) is 0 Å². The van der Waals surface area contributed by atoms with Crippen molar-refractivity contribution in [2.45, 2.75) is 55.2 Å². The van der Waals surface area contributed by atoms with Crippen LogP contribution in [0.2, 0.25) is 0 Å². The average Bonchev–Trinajstić information content (AvgIpc) is 3.64. The lowest BCUT2D eigenvalue weighted by atomic mass is 10.1. The fraction of sp³-hybridized carbons (Fsp3) is 0.281. The van der Waals surface area contributed by atoms with Gasteiger partial charge in [-0.15, -0.1) is 0 Å². The highest BCUT2D eigenvalue weighted by atomic mass is 32.2. The summed E-state index contributed by atoms with van der Waals surface area (Å²) in [6.45, 7) is -0.0497. The second-order valence-electron chi connectivity index (χ2n) is 10.5. The number of aliphatic carboxylic acids is 1. The van der Waals surface area contributed by atoms with Crippen LogP contribution in [0.3, 0.4) is 0 Å². The number of carbonyl (C=O) groups is 1. The number of nitrogens with zero attached hydrogens (tertiary/aromatic N) is 1. The molecule has 2 atom stereocenters. The third-order valence-corrected chi connectivity index (χ3v) is 9.63. The Morgan fingerprint density at radius 3 is 2.10 bits per heavy atom. The molecule has 40 heavy (non-hydrogen) atoms. The maximum Gasteiger partial charge on any atom is 0.322 e. The fourth-order valence-corrected chi connectivity index (χ4v) is 7.32. The summed E-state index contributed by atoms with van der Waals surface area (Å²) in [5.41, 5.74) is 2.10. The summed E-state index contributed by atoms with van der Waals surface area (Å²) in [5, 5.41) is 11.5. The fourth-order valence-electron chi connectivity index (χ4n) is 5.66. The van der Waals surface area contributed by atoms with Crippen molar-refractivity contribution in [3.8, 4) is 22.6 Å². The first-order chi connectivity index (χ1) is 19.4. The Morgan fingerprint density at radius 1 is 0.750 bits per heavy atom. The van der Waals surface area contributed by atoms with Crippen molar-refractivity contribution in [2.24, 2.45) is 0 Å². The van der Waals surface area contributed by atoms with Crippen molar-refractivity contribution >= 4 is 26.8 Å². The van der Waals surface area contributed by atoms with E-state index in [4.69, 9.17) is 9.47 Å². The van der Waals surface area contributed by atoms with E-state index in [1.807, 2.05) is 72.8 Å². The van der Waals surface area contributed by atoms with E-state index in [0.717, 1.165) is 44.8 Å². The van der Waals surface area contributed by atoms with Crippen molar-refractivity contribution < 1.29 is 27.8 Å². The van der Waals surface area contributed by atoms with Crippen LogP contribution in [0.25, 0.3) is 21.9 Å². The van der Waals surface area contributed by atoms with E-state index in [1.54, 1.807) is 12.1 Å². The summed E-state index contributed by atoms with van der Waals surface area (Å²) in [6, 6.07) is 26.7. The van der Waals surface area contributed by atoms with E-state index < -0.39 is 28.1 Å². The van der Waals surface area contributed by atoms with E-state index >= 15 is 0 Å². The predicted molar refractivity (Wildman–Crippen MR) is 153 cm³/mol. The zero-order chi connectivity index (χ0) is 27.7. The molecule has 1 N–H and O–H groups in total. The zero-order valence-corrected chi connectivity index (χ0v) is 22.8. The molecule has 7 nitrogen and oxygen atoms in total. The molecule has 0 unspecified atom stereocenters. The first-order valence-electron chi connectivity index (χ1n) is 13.6. The standard InChI is InChI=1S/C32H31NO6S/c34-32(35)31-20-29(39-27-14-10-23(11-15-27)22-6-2-1-3-7-22)21-33(31)40(36,37)30-17-13-24-18-28(16-12-25(24)19-30)38-26-8-4-5-9-26/h1-3,6-7,10-19,26,29,31H,4-5,8-9,20-21H2,(H,34,35)/t29-,31+/m1/s1. The predicted octanol–water partition coefficient (Wildman–Crippen LogP) is 6.12. The summed E-state index contributed by atoms with van der Waals surface area (Å²) in [5.74, 6) is 0.148. The van der Waals surface area contributed by atoms with Crippen molar-refractivity contribution in [1.29, 1.82) is 0 Å². The molecule has 4 aromatic rings. The lowest BCUT2D eigenvalue weighted by molar-refractivity contribution is -0.140. The molecule has 1 saturated carbocycles. The van der Waals surface area contributed by atoms with Crippen molar-refractivity contribution in [3.63, 3.8) is 0 Å². The molecule has 0 aromatic heterocycles. The summed E-state index contributed by atoms with van der Waals surface area (Å²) in [6.07, 6.45) is 4.18. The number of carboxylic acids is 1. The normalized spacial score (nSPS) is 20.1. The van der Waals surface area contributed by atoms with Gasteiger partial charge in [-0.25, -0.2) is 8.42 Å². The van der Waals surface area contributed by atoms with Gasteiger partial charge in [-0.2, -0.15) is 4.31 Å². The maximum atomic E-state index is 13.7. The Bertz CT molecular complexity index is 1610. The molecule has 0 bridgehead atoms. The number of ether oxygens (including phenoxy) is 2. The van der Waals surface area contributed by atoms with Gasteiger partial charge in [0.25, 0.3) is 0 Å². The lowest BCUT2D eigenvalue weighted by Crippen LogP contribution is -2.40. The molecule has 0 amide bonds. The molecule has 1 heterocycles. The number of hydrogen-bond acceptors (Lipinski definition) is 5. The first-order valence-corrected chi connectivity index (χ1v) is 15.1. The molecule has 6 rings (SSSR count). The third kappa shape index (κ3) is 5.42. The minimum atomic E-state index is -4.08. The zero-order valence-electron chi connectivity index (χ0n) is 22.0. The molecular formula is C32H31NO6S. The van der Waals surface area contributed by atoms with Crippen LogP contribution in [0.1, 0.15) is 32.1 Å². The highest BCUT2D eigenvalue weighted by molar-refractivity contribution is 7.89. The number of benzene rings is 4. The number of fused-ring (bicyclic) bond motifs is 1. The number of hydrogen-bond donors (Lipinski definition) is 1. The van der Waals surface area contributed by atoms with Gasteiger partial charge in [0.1, 0.15) is 23.6 Å². The molecule has 206 valence electrons. The Balaban J connectivity index is 1.19. The number of carboxylic acid groups (broad SMARTS) is 1. The second kappa shape index (κ2) is 10.9. The van der Waals surface area contributed by atoms with Gasteiger partial charge >= 0.3 is 5.97 Å². The van der Waals surface area contributed by atoms with Crippen LogP contribution in [0.5, 0.6) is 11.5 Å². The van der Waals surface area contributed by atoms with Gasteiger partial charge < -0.3 is 14.6 Å². The molecule has 2 aliphatic rings. The second-order valence-corrected chi connectivity index (χ2v) is 12.4. The minimum Gasteiger partial charge on any atom is -0.490 e. The van der Waals surface area contributed by atoms with Crippen molar-refractivity contribution in [2.75, 3.05) is 6.54 Å². The van der Waals surface area contributed by atoms with Gasteiger partial charge in [-0.3, -0.25) is 4.79 Å². The average molecular weight is 558 g/mol. The molecule has 4 aromatic carbocycles. The van der Waals surface area contributed by atoms with Crippen LogP contribution in [0, 0.1) is 0 Å². The van der Waals surface area contributed by atoms with E-state index in [1.165, 1.54) is 18.9 Å². The molecule has 2 fully saturated rings. The monoisotopic (exact) mass is 557 g/mol. The Hall–Kier alpha value is -3.88. The van der Waals surface area contributed by atoms with Crippen LogP contribution in [-0.2, 0) is 14.8 Å². The Labute approximate surface area is 234 Å². The van der Waals surface area contributed by atoms with E-state index in [9.17, 15) is 18.3 Å². The van der Waals surface area contributed by atoms with Crippen LogP contribution < -0.4 is 9.47 Å². The quantitative estimate of drug-likeness (QED) is 0.280. The topological polar surface area (TPSA) is 93.1 Å². The van der Waals surface area contributed by atoms with Gasteiger partial charge in [0.15, 0.2) is 0 Å². The van der Waals surface area contributed by atoms with Gasteiger partial charge in [-0.05, 0) is 84.0 Å². The van der Waals surface area contributed by atoms with Gasteiger partial charge in [0.2, 0.25) is 10.0 Å². The molecule has 1 aliphatic heterocycles. The van der Waals surface area contributed by atoms with Crippen LogP contribution >= 0.6 is 0 Å². The largest absolute Gasteiger partial charge is 0.490 e. The Morgan fingerprint density at radius 2 is 1.38 bits per heavy atom. The Kier molecular flexibility index (Phi) is 7.21. The molecular weight excluding hydrogens is 526 g/mol. The van der Waals surface area contributed by atoms with Crippen molar-refractivity contribution in [3.05, 3.63) is 91.0 Å². The van der Waals surface area contributed by atoms with E-state index in [0.29, 0.717) is 5.75 Å². The third-order valence-electron chi connectivity index (χ3n) is 7.76. The van der Waals surface area contributed by atoms with Crippen LogP contribution in [0.4, 0.5) is 0 Å².